The number of unbranched alkanes of at least 4 members (excludes halogenated alkanes) is 1. The number of benzene rings is 2. The molecule has 0 N–H and O–H groups in total. The Hall–Kier alpha value is -3.28. The van der Waals surface area contributed by atoms with E-state index < -0.39 is 6.16 Å². The molecule has 0 spiro atoms. The van der Waals surface area contributed by atoms with Gasteiger partial charge in [-0.1, -0.05) is 45.4 Å². The molecular weight excluding hydrogens is 372 g/mol. The van der Waals surface area contributed by atoms with E-state index in [1.165, 1.54) is 24.5 Å². The third-order valence-electron chi connectivity index (χ3n) is 4.39. The molecule has 152 valence electrons. The quantitative estimate of drug-likeness (QED) is 0.276. The number of hydrogen-bond acceptors (Lipinski definition) is 6. The van der Waals surface area contributed by atoms with Gasteiger partial charge in [-0.2, -0.15) is 0 Å². The van der Waals surface area contributed by atoms with E-state index in [4.69, 9.17) is 18.6 Å². The van der Waals surface area contributed by atoms with Crippen LogP contribution < -0.4 is 14.9 Å². The Balaban J connectivity index is 1.82. The summed E-state index contributed by atoms with van der Waals surface area (Å²) in [4.78, 5) is 24.5. The average Bonchev–Trinajstić information content (AvgIpc) is 2.70. The smallest absolute Gasteiger partial charge is 0.460 e. The fourth-order valence-corrected chi connectivity index (χ4v) is 2.82. The van der Waals surface area contributed by atoms with Gasteiger partial charge in [-0.05, 0) is 36.1 Å². The largest absolute Gasteiger partial charge is 0.513 e. The SMILES string of the molecule is CCCCOC(=O)Oc1ccc2c(=O)c(Oc3ccccc3C(C)C)coc2c1. The predicted molar refractivity (Wildman–Crippen MR) is 110 cm³/mol. The number of carbonyl (C=O) groups excluding carboxylic acids is 1. The van der Waals surface area contributed by atoms with E-state index in [1.54, 1.807) is 0 Å². The van der Waals surface area contributed by atoms with E-state index in [-0.39, 0.29) is 22.8 Å². The monoisotopic (exact) mass is 396 g/mol. The lowest BCUT2D eigenvalue weighted by Crippen LogP contribution is -2.11. The predicted octanol–water partition coefficient (Wildman–Crippen LogP) is 6.02. The van der Waals surface area contributed by atoms with Gasteiger partial charge in [-0.25, -0.2) is 4.79 Å². The maximum absolute atomic E-state index is 12.8. The Morgan fingerprint density at radius 3 is 2.66 bits per heavy atom. The molecule has 0 radical (unpaired) electrons. The standard InChI is InChI=1S/C23H24O6/c1-4-5-12-26-23(25)28-16-10-11-18-20(13-16)27-14-21(22(18)24)29-19-9-7-6-8-17(19)15(2)3/h6-11,13-15H,4-5,12H2,1-3H3. The van der Waals surface area contributed by atoms with Gasteiger partial charge in [0.25, 0.3) is 0 Å². The molecule has 0 saturated carbocycles. The molecular formula is C23H24O6. The molecule has 3 rings (SSSR count). The minimum Gasteiger partial charge on any atom is -0.460 e. The van der Waals surface area contributed by atoms with Crippen molar-refractivity contribution in [3.63, 3.8) is 0 Å². The molecule has 0 fully saturated rings. The van der Waals surface area contributed by atoms with Crippen LogP contribution in [0.2, 0.25) is 0 Å². The van der Waals surface area contributed by atoms with Crippen molar-refractivity contribution < 1.29 is 23.4 Å². The first-order valence-corrected chi connectivity index (χ1v) is 9.66. The van der Waals surface area contributed by atoms with Crippen LogP contribution in [0.3, 0.4) is 0 Å². The number of ether oxygens (including phenoxy) is 3. The Morgan fingerprint density at radius 2 is 1.90 bits per heavy atom. The first-order chi connectivity index (χ1) is 14.0. The van der Waals surface area contributed by atoms with Gasteiger partial charge in [0.15, 0.2) is 0 Å². The second kappa shape index (κ2) is 9.28. The van der Waals surface area contributed by atoms with Crippen LogP contribution in [-0.2, 0) is 4.74 Å². The summed E-state index contributed by atoms with van der Waals surface area (Å²) in [5.41, 5.74) is 0.984. The molecule has 6 nitrogen and oxygen atoms in total. The van der Waals surface area contributed by atoms with Crippen molar-refractivity contribution in [1.29, 1.82) is 0 Å². The van der Waals surface area contributed by atoms with E-state index >= 15 is 0 Å². The van der Waals surface area contributed by atoms with Gasteiger partial charge in [0.05, 0.1) is 12.0 Å². The fourth-order valence-electron chi connectivity index (χ4n) is 2.82. The van der Waals surface area contributed by atoms with E-state index in [0.29, 0.717) is 23.3 Å². The van der Waals surface area contributed by atoms with E-state index in [2.05, 4.69) is 13.8 Å². The van der Waals surface area contributed by atoms with E-state index in [1.807, 2.05) is 31.2 Å². The summed E-state index contributed by atoms with van der Waals surface area (Å²) < 4.78 is 21.5. The summed E-state index contributed by atoms with van der Waals surface area (Å²) in [6.07, 6.45) is 2.17. The van der Waals surface area contributed by atoms with Crippen LogP contribution in [-0.4, -0.2) is 12.8 Å². The first-order valence-electron chi connectivity index (χ1n) is 9.66. The van der Waals surface area contributed by atoms with Crippen molar-refractivity contribution >= 4 is 17.1 Å². The van der Waals surface area contributed by atoms with Crippen molar-refractivity contribution in [2.24, 2.45) is 0 Å². The zero-order valence-corrected chi connectivity index (χ0v) is 16.8. The molecule has 0 saturated heterocycles. The molecule has 0 unspecified atom stereocenters. The molecule has 0 aliphatic carbocycles. The number of para-hydroxylation sites is 1. The molecule has 29 heavy (non-hydrogen) atoms. The highest BCUT2D eigenvalue weighted by molar-refractivity contribution is 5.80. The number of rotatable bonds is 7. The normalized spacial score (nSPS) is 10.9. The Kier molecular flexibility index (Phi) is 6.54. The van der Waals surface area contributed by atoms with Crippen molar-refractivity contribution in [3.05, 3.63) is 64.5 Å². The second-order valence-corrected chi connectivity index (χ2v) is 6.94. The maximum Gasteiger partial charge on any atom is 0.513 e. The minimum atomic E-state index is -0.787. The summed E-state index contributed by atoms with van der Waals surface area (Å²) in [6, 6.07) is 12.1. The first kappa shape index (κ1) is 20.5. The molecule has 0 amide bonds. The van der Waals surface area contributed by atoms with E-state index in [0.717, 1.165) is 18.4 Å². The maximum atomic E-state index is 12.8. The molecule has 3 aromatic rings. The van der Waals surface area contributed by atoms with Crippen molar-refractivity contribution in [3.8, 4) is 17.2 Å². The summed E-state index contributed by atoms with van der Waals surface area (Å²) in [5.74, 6) is 1.19. The van der Waals surface area contributed by atoms with Crippen molar-refractivity contribution in [2.45, 2.75) is 39.5 Å². The number of carbonyl (C=O) groups is 1. The molecule has 0 bridgehead atoms. The van der Waals surface area contributed by atoms with Crippen LogP contribution in [0.15, 0.2) is 57.9 Å². The lowest BCUT2D eigenvalue weighted by atomic mass is 10.0. The molecule has 0 aliphatic heterocycles. The third kappa shape index (κ3) is 4.96. The topological polar surface area (TPSA) is 75.0 Å². The molecule has 6 heteroatoms. The number of hydrogen-bond donors (Lipinski definition) is 0. The van der Waals surface area contributed by atoms with Gasteiger partial charge in [-0.15, -0.1) is 0 Å². The van der Waals surface area contributed by atoms with Crippen LogP contribution in [0.25, 0.3) is 11.0 Å². The van der Waals surface area contributed by atoms with Gasteiger partial charge in [0, 0.05) is 6.07 Å². The lowest BCUT2D eigenvalue weighted by molar-refractivity contribution is 0.0978. The fraction of sp³-hybridized carbons (Fsp3) is 0.304. The second-order valence-electron chi connectivity index (χ2n) is 6.94. The molecule has 0 atom stereocenters. The van der Waals surface area contributed by atoms with Crippen LogP contribution in [0.4, 0.5) is 4.79 Å². The zero-order valence-electron chi connectivity index (χ0n) is 16.8. The average molecular weight is 396 g/mol. The molecule has 0 aliphatic rings. The highest BCUT2D eigenvalue weighted by Crippen LogP contribution is 2.30. The minimum absolute atomic E-state index is 0.0956. The highest BCUT2D eigenvalue weighted by atomic mass is 16.7. The highest BCUT2D eigenvalue weighted by Gasteiger charge is 2.14. The zero-order chi connectivity index (χ0) is 20.8. The number of fused-ring (bicyclic) bond motifs is 1. The Labute approximate surface area is 169 Å². The van der Waals surface area contributed by atoms with Crippen molar-refractivity contribution in [2.75, 3.05) is 6.61 Å². The summed E-state index contributed by atoms with van der Waals surface area (Å²) >= 11 is 0. The van der Waals surface area contributed by atoms with Gasteiger partial charge in [0.2, 0.25) is 11.2 Å². The van der Waals surface area contributed by atoms with Gasteiger partial charge in [-0.3, -0.25) is 4.79 Å². The summed E-state index contributed by atoms with van der Waals surface area (Å²) in [7, 11) is 0. The van der Waals surface area contributed by atoms with Gasteiger partial charge in [0.1, 0.15) is 23.3 Å². The Bertz CT molecular complexity index is 1050. The molecule has 1 aromatic heterocycles. The van der Waals surface area contributed by atoms with Gasteiger partial charge < -0.3 is 18.6 Å². The van der Waals surface area contributed by atoms with Crippen LogP contribution >= 0.6 is 0 Å². The third-order valence-corrected chi connectivity index (χ3v) is 4.39. The van der Waals surface area contributed by atoms with Crippen LogP contribution in [0.1, 0.15) is 45.1 Å². The van der Waals surface area contributed by atoms with Crippen LogP contribution in [0.5, 0.6) is 17.2 Å². The van der Waals surface area contributed by atoms with E-state index in [9.17, 15) is 9.59 Å². The lowest BCUT2D eigenvalue weighted by Gasteiger charge is -2.13. The molecule has 1 heterocycles. The molecule has 2 aromatic carbocycles. The summed E-state index contributed by atoms with van der Waals surface area (Å²) in [6.45, 7) is 6.41. The van der Waals surface area contributed by atoms with Gasteiger partial charge >= 0.3 is 6.16 Å². The summed E-state index contributed by atoms with van der Waals surface area (Å²) in [5, 5.41) is 0.330. The van der Waals surface area contributed by atoms with Crippen LogP contribution in [0, 0.1) is 0 Å². The Morgan fingerprint density at radius 1 is 1.10 bits per heavy atom. The van der Waals surface area contributed by atoms with Crippen molar-refractivity contribution in [1.82, 2.24) is 0 Å².